The van der Waals surface area contributed by atoms with Crippen molar-refractivity contribution in [3.63, 3.8) is 0 Å². The molecular weight excluding hydrogens is 164 g/mol. The van der Waals surface area contributed by atoms with Crippen LogP contribution in [0.1, 0.15) is 5.56 Å². The molecule has 1 aromatic rings. The van der Waals surface area contributed by atoms with Crippen LogP contribution in [0.15, 0.2) is 24.3 Å². The molecule has 0 bridgehead atoms. The van der Waals surface area contributed by atoms with Gasteiger partial charge in [0.1, 0.15) is 5.75 Å². The molecule has 11 heavy (non-hydrogen) atoms. The van der Waals surface area contributed by atoms with Crippen LogP contribution in [0.2, 0.25) is 0 Å². The van der Waals surface area contributed by atoms with E-state index in [2.05, 4.69) is 0 Å². The molecule has 0 aliphatic heterocycles. The van der Waals surface area contributed by atoms with Crippen molar-refractivity contribution in [2.75, 3.05) is 6.07 Å². The smallest absolute Gasteiger partial charge is 0.162 e. The van der Waals surface area contributed by atoms with Crippen molar-refractivity contribution in [3.05, 3.63) is 29.8 Å². The summed E-state index contributed by atoms with van der Waals surface area (Å²) in [7, 11) is 0. The lowest BCUT2D eigenvalue weighted by Crippen LogP contribution is -1.90. The van der Waals surface area contributed by atoms with E-state index in [9.17, 15) is 0 Å². The summed E-state index contributed by atoms with van der Waals surface area (Å²) < 4.78 is 5.00. The predicted octanol–water partition coefficient (Wildman–Crippen LogP) is 1.75. The number of rotatable bonds is 3. The van der Waals surface area contributed by atoms with Crippen molar-refractivity contribution in [2.45, 2.75) is 6.61 Å². The highest BCUT2D eigenvalue weighted by Gasteiger charge is 1.93. The molecule has 0 aromatic heterocycles. The zero-order valence-corrected chi connectivity index (χ0v) is 6.71. The summed E-state index contributed by atoms with van der Waals surface area (Å²) >= 11 is 5.35. The summed E-state index contributed by atoms with van der Waals surface area (Å²) in [5.41, 5.74) is 0.826. The van der Waals surface area contributed by atoms with Gasteiger partial charge < -0.3 is 9.84 Å². The summed E-state index contributed by atoms with van der Waals surface area (Å²) in [6, 6.07) is 7.31. The minimum absolute atomic E-state index is 0.0273. The summed E-state index contributed by atoms with van der Waals surface area (Å²) in [4.78, 5) is 0. The predicted molar refractivity (Wildman–Crippen MR) is 43.7 cm³/mol. The zero-order chi connectivity index (χ0) is 8.10. The first-order valence-electron chi connectivity index (χ1n) is 3.25. The van der Waals surface area contributed by atoms with Crippen LogP contribution < -0.4 is 4.74 Å². The highest BCUT2D eigenvalue weighted by molar-refractivity contribution is 6.17. The number of aliphatic hydroxyl groups is 1. The van der Waals surface area contributed by atoms with Gasteiger partial charge in [-0.2, -0.15) is 0 Å². The normalized spacial score (nSPS) is 9.64. The lowest BCUT2D eigenvalue weighted by Gasteiger charge is -2.02. The Morgan fingerprint density at radius 1 is 1.45 bits per heavy atom. The highest BCUT2D eigenvalue weighted by Crippen LogP contribution is 2.13. The van der Waals surface area contributed by atoms with Gasteiger partial charge in [-0.05, 0) is 17.7 Å². The van der Waals surface area contributed by atoms with E-state index in [-0.39, 0.29) is 12.7 Å². The van der Waals surface area contributed by atoms with Crippen LogP contribution in [0.3, 0.4) is 0 Å². The van der Waals surface area contributed by atoms with Gasteiger partial charge in [0.05, 0.1) is 6.61 Å². The van der Waals surface area contributed by atoms with Crippen molar-refractivity contribution < 1.29 is 9.84 Å². The van der Waals surface area contributed by atoms with Crippen LogP contribution >= 0.6 is 11.6 Å². The average Bonchev–Trinajstić information content (AvgIpc) is 2.06. The quantitative estimate of drug-likeness (QED) is 0.704. The molecule has 3 heteroatoms. The molecule has 0 spiro atoms. The lowest BCUT2D eigenvalue weighted by molar-refractivity contribution is 0.281. The van der Waals surface area contributed by atoms with E-state index < -0.39 is 0 Å². The molecule has 0 unspecified atom stereocenters. The Hall–Kier alpha value is -0.730. The van der Waals surface area contributed by atoms with Gasteiger partial charge in [0, 0.05) is 0 Å². The van der Waals surface area contributed by atoms with Crippen molar-refractivity contribution in [3.8, 4) is 5.75 Å². The lowest BCUT2D eigenvalue weighted by atomic mass is 10.2. The van der Waals surface area contributed by atoms with Crippen molar-refractivity contribution in [1.29, 1.82) is 0 Å². The Labute approximate surface area is 70.4 Å². The molecule has 1 rings (SSSR count). The Balaban J connectivity index is 2.74. The van der Waals surface area contributed by atoms with Crippen LogP contribution in [0.5, 0.6) is 5.75 Å². The molecule has 2 nitrogen and oxygen atoms in total. The number of halogens is 1. The molecule has 0 aliphatic carbocycles. The Kier molecular flexibility index (Phi) is 3.20. The molecule has 1 aromatic carbocycles. The highest BCUT2D eigenvalue weighted by atomic mass is 35.5. The Morgan fingerprint density at radius 3 is 2.91 bits per heavy atom. The van der Waals surface area contributed by atoms with Gasteiger partial charge in [-0.3, -0.25) is 0 Å². The van der Waals surface area contributed by atoms with Gasteiger partial charge in [0.25, 0.3) is 0 Å². The van der Waals surface area contributed by atoms with Gasteiger partial charge in [-0.25, -0.2) is 0 Å². The van der Waals surface area contributed by atoms with Gasteiger partial charge in [-0.1, -0.05) is 23.7 Å². The summed E-state index contributed by atoms with van der Waals surface area (Å²) in [5, 5.41) is 8.74. The second-order valence-corrected chi connectivity index (χ2v) is 2.28. The van der Waals surface area contributed by atoms with E-state index >= 15 is 0 Å². The van der Waals surface area contributed by atoms with E-state index in [0.717, 1.165) is 5.56 Å². The van der Waals surface area contributed by atoms with E-state index in [1.54, 1.807) is 12.1 Å². The third-order valence-corrected chi connectivity index (χ3v) is 1.41. The minimum atomic E-state index is 0.0273. The second-order valence-electron chi connectivity index (χ2n) is 2.06. The van der Waals surface area contributed by atoms with Crippen molar-refractivity contribution >= 4 is 11.6 Å². The number of hydrogen-bond donors (Lipinski definition) is 1. The minimum Gasteiger partial charge on any atom is -0.478 e. The largest absolute Gasteiger partial charge is 0.478 e. The van der Waals surface area contributed by atoms with Crippen molar-refractivity contribution in [2.24, 2.45) is 0 Å². The van der Waals surface area contributed by atoms with Crippen LogP contribution in [-0.4, -0.2) is 11.2 Å². The summed E-state index contributed by atoms with van der Waals surface area (Å²) in [6.07, 6.45) is 0. The first kappa shape index (κ1) is 8.37. The monoisotopic (exact) mass is 172 g/mol. The SMILES string of the molecule is OCc1cccc(OCCl)c1. The summed E-state index contributed by atoms with van der Waals surface area (Å²) in [5.74, 6) is 0.687. The van der Waals surface area contributed by atoms with E-state index in [1.807, 2.05) is 12.1 Å². The molecule has 60 valence electrons. The van der Waals surface area contributed by atoms with Gasteiger partial charge >= 0.3 is 0 Å². The molecule has 0 saturated carbocycles. The first-order valence-corrected chi connectivity index (χ1v) is 3.79. The van der Waals surface area contributed by atoms with E-state index in [0.29, 0.717) is 5.75 Å². The second kappa shape index (κ2) is 4.21. The third kappa shape index (κ3) is 2.41. The van der Waals surface area contributed by atoms with Gasteiger partial charge in [-0.15, -0.1) is 0 Å². The molecule has 0 atom stereocenters. The fraction of sp³-hybridized carbons (Fsp3) is 0.250. The summed E-state index contributed by atoms with van der Waals surface area (Å²) in [6.45, 7) is 0.0273. The number of hydrogen-bond acceptors (Lipinski definition) is 2. The first-order chi connectivity index (χ1) is 5.36. The maximum atomic E-state index is 8.74. The number of benzene rings is 1. The number of ether oxygens (including phenoxy) is 1. The fourth-order valence-corrected chi connectivity index (χ4v) is 0.923. The van der Waals surface area contributed by atoms with Gasteiger partial charge in [0.2, 0.25) is 0 Å². The van der Waals surface area contributed by atoms with Gasteiger partial charge in [0.15, 0.2) is 6.07 Å². The Morgan fingerprint density at radius 2 is 2.27 bits per heavy atom. The molecule has 0 amide bonds. The molecule has 0 saturated heterocycles. The standard InChI is InChI=1S/C8H9ClO2/c9-6-11-8-3-1-2-7(4-8)5-10/h1-4,10H,5-6H2. The van der Waals surface area contributed by atoms with Crippen LogP contribution in [0.25, 0.3) is 0 Å². The molecule has 0 fully saturated rings. The van der Waals surface area contributed by atoms with E-state index in [1.165, 1.54) is 0 Å². The third-order valence-electron chi connectivity index (χ3n) is 1.30. The topological polar surface area (TPSA) is 29.5 Å². The maximum Gasteiger partial charge on any atom is 0.162 e. The van der Waals surface area contributed by atoms with Crippen LogP contribution in [-0.2, 0) is 6.61 Å². The Bertz CT molecular complexity index is 225. The van der Waals surface area contributed by atoms with E-state index in [4.69, 9.17) is 21.4 Å². The molecule has 1 N–H and O–H groups in total. The average molecular weight is 173 g/mol. The van der Waals surface area contributed by atoms with Crippen molar-refractivity contribution in [1.82, 2.24) is 0 Å². The van der Waals surface area contributed by atoms with Crippen LogP contribution in [0.4, 0.5) is 0 Å². The fourth-order valence-electron chi connectivity index (χ4n) is 0.797. The number of aliphatic hydroxyl groups excluding tert-OH is 1. The van der Waals surface area contributed by atoms with Crippen LogP contribution in [0, 0.1) is 0 Å². The maximum absolute atomic E-state index is 8.74. The molecule has 0 aliphatic rings. The molecule has 0 heterocycles. The molecular formula is C8H9ClO2. The zero-order valence-electron chi connectivity index (χ0n) is 5.96. The number of alkyl halides is 1. The molecule has 0 radical (unpaired) electrons.